The molecule has 8 nitrogen and oxygen atoms in total. The number of carbonyl (C=O) groups excluding carboxylic acids is 1. The first-order chi connectivity index (χ1) is 35.4. The van der Waals surface area contributed by atoms with E-state index in [2.05, 4.69) is 37.2 Å². The molecule has 0 aliphatic heterocycles. The van der Waals surface area contributed by atoms with Crippen LogP contribution in [-0.2, 0) is 13.2 Å². The summed E-state index contributed by atoms with van der Waals surface area (Å²) in [5, 5.41) is 13.0. The van der Waals surface area contributed by atoms with Crippen molar-refractivity contribution in [2.75, 3.05) is 0 Å². The molecular formula is C58H43Br2Cl2F4N3O5. The molecule has 0 saturated carbocycles. The lowest BCUT2D eigenvalue weighted by molar-refractivity contribution is 0.0696. The Labute approximate surface area is 451 Å². The molecule has 16 heteroatoms. The molecule has 2 heterocycles. The van der Waals surface area contributed by atoms with Crippen LogP contribution in [0.1, 0.15) is 61.8 Å². The van der Waals surface area contributed by atoms with Crippen LogP contribution in [0.4, 0.5) is 17.6 Å². The van der Waals surface area contributed by atoms with Gasteiger partial charge in [-0.25, -0.2) is 22.4 Å². The number of carboxylic acids is 1. The number of nitrogens with zero attached hydrogens (tertiary/aromatic N) is 2. The SMILES string of the molecule is Cc1ccc(-c2cc(Br)ccc2OCc2ccc(F)cc2F)n1-c1ccc(Cl)c(C(=O)N[C@@H](C)c2ccccc2)c1.Cc1ccc(-c2cc(Br)ccc2OCc2ccc(F)cc2F)n1-c1ccc(Cl)c(C(=O)O)c1. The maximum Gasteiger partial charge on any atom is 0.337 e. The van der Waals surface area contributed by atoms with E-state index in [-0.39, 0.29) is 46.9 Å². The lowest BCUT2D eigenvalue weighted by atomic mass is 10.1. The number of aryl methyl sites for hydroxylation is 2. The molecule has 0 bridgehead atoms. The summed E-state index contributed by atoms with van der Waals surface area (Å²) in [6, 6.07) is 45.0. The van der Waals surface area contributed by atoms with Crippen molar-refractivity contribution in [3.63, 3.8) is 0 Å². The highest BCUT2D eigenvalue weighted by Crippen LogP contribution is 2.39. The fourth-order valence-electron chi connectivity index (χ4n) is 8.17. The number of carboxylic acid groups (broad SMARTS) is 1. The molecule has 2 N–H and O–H groups in total. The molecule has 1 atom stereocenters. The van der Waals surface area contributed by atoms with E-state index in [9.17, 15) is 32.3 Å². The van der Waals surface area contributed by atoms with E-state index in [4.69, 9.17) is 32.7 Å². The number of rotatable bonds is 14. The predicted octanol–water partition coefficient (Wildman–Crippen LogP) is 16.6. The molecule has 7 aromatic carbocycles. The van der Waals surface area contributed by atoms with E-state index in [1.165, 1.54) is 30.3 Å². The molecule has 0 aliphatic carbocycles. The Kier molecular flexibility index (Phi) is 16.8. The fraction of sp³-hybridized carbons (Fsp3) is 0.103. The monoisotopic (exact) mass is 1170 g/mol. The highest BCUT2D eigenvalue weighted by atomic mass is 79.9. The molecule has 0 spiro atoms. The van der Waals surface area contributed by atoms with Gasteiger partial charge in [0.1, 0.15) is 48.0 Å². The van der Waals surface area contributed by atoms with Gasteiger partial charge in [0.2, 0.25) is 0 Å². The van der Waals surface area contributed by atoms with E-state index in [0.717, 1.165) is 60.7 Å². The molecule has 376 valence electrons. The van der Waals surface area contributed by atoms with Crippen LogP contribution in [0.25, 0.3) is 33.9 Å². The zero-order chi connectivity index (χ0) is 52.8. The molecule has 74 heavy (non-hydrogen) atoms. The van der Waals surface area contributed by atoms with Gasteiger partial charge in [-0.05, 0) is 148 Å². The quantitative estimate of drug-likeness (QED) is 0.106. The van der Waals surface area contributed by atoms with E-state index in [1.54, 1.807) is 42.5 Å². The molecule has 0 saturated heterocycles. The average Bonchev–Trinajstić information content (AvgIpc) is 3.96. The summed E-state index contributed by atoms with van der Waals surface area (Å²) in [6.07, 6.45) is 0. The maximum absolute atomic E-state index is 14.3. The lowest BCUT2D eigenvalue weighted by Crippen LogP contribution is -2.27. The molecule has 0 aliphatic rings. The van der Waals surface area contributed by atoms with Crippen LogP contribution in [0.5, 0.6) is 11.5 Å². The number of aromatic carboxylic acids is 1. The van der Waals surface area contributed by atoms with Crippen molar-refractivity contribution in [2.45, 2.75) is 40.0 Å². The van der Waals surface area contributed by atoms with Crippen LogP contribution in [0.2, 0.25) is 10.0 Å². The third-order valence-electron chi connectivity index (χ3n) is 11.9. The minimum atomic E-state index is -1.12. The van der Waals surface area contributed by atoms with Gasteiger partial charge in [0.25, 0.3) is 5.91 Å². The van der Waals surface area contributed by atoms with E-state index < -0.39 is 29.2 Å². The Morgan fingerprint density at radius 3 is 1.50 bits per heavy atom. The van der Waals surface area contributed by atoms with Crippen molar-refractivity contribution in [3.8, 4) is 45.4 Å². The van der Waals surface area contributed by atoms with Crippen molar-refractivity contribution in [1.82, 2.24) is 14.5 Å². The van der Waals surface area contributed by atoms with Crippen LogP contribution < -0.4 is 14.8 Å². The average molecular weight is 1170 g/mol. The van der Waals surface area contributed by atoms with Gasteiger partial charge >= 0.3 is 5.97 Å². The summed E-state index contributed by atoms with van der Waals surface area (Å²) in [4.78, 5) is 24.9. The first-order valence-corrected chi connectivity index (χ1v) is 25.1. The first-order valence-electron chi connectivity index (χ1n) is 22.7. The summed E-state index contributed by atoms with van der Waals surface area (Å²) in [6.45, 7) is 5.61. The molecule has 0 unspecified atom stereocenters. The number of benzene rings is 7. The van der Waals surface area contributed by atoms with E-state index in [1.807, 2.05) is 109 Å². The highest BCUT2D eigenvalue weighted by Gasteiger charge is 2.21. The van der Waals surface area contributed by atoms with Crippen molar-refractivity contribution < 1.29 is 41.7 Å². The Balaban J connectivity index is 0.000000202. The Bertz CT molecular complexity index is 3550. The van der Waals surface area contributed by atoms with Crippen molar-refractivity contribution >= 4 is 66.9 Å². The number of hydrogen-bond donors (Lipinski definition) is 2. The van der Waals surface area contributed by atoms with Crippen molar-refractivity contribution in [3.05, 3.63) is 245 Å². The Morgan fingerprint density at radius 2 is 1.04 bits per heavy atom. The number of aromatic nitrogens is 2. The minimum absolute atomic E-state index is 0.00860. The van der Waals surface area contributed by atoms with Crippen LogP contribution in [-0.4, -0.2) is 26.1 Å². The number of halogens is 8. The molecule has 0 radical (unpaired) electrons. The molecule has 1 amide bonds. The fourth-order valence-corrected chi connectivity index (χ4v) is 9.29. The number of nitrogens with one attached hydrogen (secondary N) is 1. The molecule has 0 fully saturated rings. The van der Waals surface area contributed by atoms with Crippen LogP contribution in [0, 0.1) is 37.1 Å². The van der Waals surface area contributed by atoms with Gasteiger partial charge in [-0.15, -0.1) is 0 Å². The van der Waals surface area contributed by atoms with Crippen LogP contribution >= 0.6 is 55.1 Å². The smallest absolute Gasteiger partial charge is 0.337 e. The van der Waals surface area contributed by atoms with Gasteiger partial charge in [-0.1, -0.05) is 85.4 Å². The molecule has 9 aromatic rings. The van der Waals surface area contributed by atoms with Gasteiger partial charge in [-0.3, -0.25) is 4.79 Å². The van der Waals surface area contributed by atoms with Gasteiger partial charge in [0, 0.05) is 66.1 Å². The third-order valence-corrected chi connectivity index (χ3v) is 13.6. The topological polar surface area (TPSA) is 94.7 Å². The third kappa shape index (κ3) is 12.3. The maximum atomic E-state index is 14.3. The number of hydrogen-bond acceptors (Lipinski definition) is 4. The molecule has 9 rings (SSSR count). The van der Waals surface area contributed by atoms with Crippen molar-refractivity contribution in [1.29, 1.82) is 0 Å². The van der Waals surface area contributed by atoms with Crippen molar-refractivity contribution in [2.24, 2.45) is 0 Å². The number of ether oxygens (including phenoxy) is 2. The largest absolute Gasteiger partial charge is 0.488 e. The number of carbonyl (C=O) groups is 2. The van der Waals surface area contributed by atoms with Gasteiger partial charge in [0.15, 0.2) is 0 Å². The standard InChI is InChI=1S/C33H26BrClF2N2O2.C25H17BrClF2NO3/c1-20-8-14-31(28-16-24(34)10-15-32(28)41-19-23-9-11-25(36)17-30(23)37)39(20)26-12-13-29(35)27(18-26)33(40)38-21(2)22-6-4-3-5-7-22;1-14-2-8-23(30(14)18-6-7-21(27)19(12-18)25(31)32)20-10-16(26)4-9-24(20)33-13-15-3-5-17(28)11-22(15)29/h3-18,21H,19H2,1-2H3,(H,38,40);2-12H,13H2,1H3,(H,31,32)/t21-;/m0./s1. The van der Waals surface area contributed by atoms with E-state index in [0.29, 0.717) is 33.3 Å². The second-order valence-corrected chi connectivity index (χ2v) is 19.6. The predicted molar refractivity (Wildman–Crippen MR) is 288 cm³/mol. The van der Waals surface area contributed by atoms with Gasteiger partial charge < -0.3 is 29.0 Å². The molecular weight excluding hydrogens is 1130 g/mol. The zero-order valence-corrected chi connectivity index (χ0v) is 44.3. The first kappa shape index (κ1) is 53.2. The zero-order valence-electron chi connectivity index (χ0n) is 39.6. The summed E-state index contributed by atoms with van der Waals surface area (Å²) in [5.41, 5.74) is 7.90. The minimum Gasteiger partial charge on any atom is -0.488 e. The summed E-state index contributed by atoms with van der Waals surface area (Å²) < 4.78 is 72.4. The summed E-state index contributed by atoms with van der Waals surface area (Å²) in [5.74, 6) is -3.07. The van der Waals surface area contributed by atoms with Gasteiger partial charge in [0.05, 0.1) is 38.6 Å². The lowest BCUT2D eigenvalue weighted by Gasteiger charge is -2.18. The highest BCUT2D eigenvalue weighted by molar-refractivity contribution is 9.10. The van der Waals surface area contributed by atoms with E-state index >= 15 is 0 Å². The summed E-state index contributed by atoms with van der Waals surface area (Å²) >= 11 is 19.6. The molecule has 2 aromatic heterocycles. The van der Waals surface area contributed by atoms with Gasteiger partial charge in [-0.2, -0.15) is 0 Å². The number of amides is 1. The van der Waals surface area contributed by atoms with Crippen LogP contribution in [0.15, 0.2) is 173 Å². The van der Waals surface area contributed by atoms with Crippen LogP contribution in [0.3, 0.4) is 0 Å². The second-order valence-electron chi connectivity index (χ2n) is 17.0. The normalized spacial score (nSPS) is 11.4. The Hall–Kier alpha value is -7.10. The second kappa shape index (κ2) is 23.4. The summed E-state index contributed by atoms with van der Waals surface area (Å²) in [7, 11) is 0. The Morgan fingerprint density at radius 1 is 0.581 bits per heavy atom.